The van der Waals surface area contributed by atoms with Crippen molar-refractivity contribution in [1.82, 2.24) is 0 Å². The molecule has 156 valence electrons. The van der Waals surface area contributed by atoms with Gasteiger partial charge in [-0.15, -0.1) is 0 Å². The van der Waals surface area contributed by atoms with E-state index in [-0.39, 0.29) is 18.2 Å². The van der Waals surface area contributed by atoms with Crippen molar-refractivity contribution in [2.24, 2.45) is 4.99 Å². The van der Waals surface area contributed by atoms with Crippen LogP contribution < -0.4 is 4.74 Å². The Kier molecular flexibility index (Phi) is 7.49. The minimum absolute atomic E-state index is 0.0130. The number of allylic oxidation sites excluding steroid dienone is 1. The smallest absolute Gasteiger partial charge is 0.148 e. The average molecular weight is 412 g/mol. The molecule has 2 N–H and O–H groups in total. The van der Waals surface area contributed by atoms with Crippen LogP contribution in [-0.4, -0.2) is 24.4 Å². The Morgan fingerprint density at radius 2 is 1.39 bits per heavy atom. The molecule has 0 saturated heterocycles. The van der Waals surface area contributed by atoms with E-state index in [2.05, 4.69) is 4.99 Å². The number of nitrogens with one attached hydrogen (secondary N) is 2. The molecule has 5 nitrogen and oxygen atoms in total. The number of benzene rings is 3. The van der Waals surface area contributed by atoms with Gasteiger partial charge in [0.25, 0.3) is 0 Å². The molecule has 31 heavy (non-hydrogen) atoms. The lowest BCUT2D eigenvalue weighted by molar-refractivity contribution is 0.217. The Morgan fingerprint density at radius 1 is 0.839 bits per heavy atom. The fourth-order valence-corrected chi connectivity index (χ4v) is 2.91. The molecule has 0 heterocycles. The maximum Gasteiger partial charge on any atom is 0.148 e. The van der Waals surface area contributed by atoms with E-state index in [1.165, 1.54) is 6.08 Å². The van der Waals surface area contributed by atoms with E-state index in [0.717, 1.165) is 22.4 Å². The van der Waals surface area contributed by atoms with Crippen molar-refractivity contribution < 1.29 is 9.47 Å². The van der Waals surface area contributed by atoms with Crippen LogP contribution in [0.1, 0.15) is 23.6 Å². The van der Waals surface area contributed by atoms with Crippen molar-refractivity contribution in [2.45, 2.75) is 13.5 Å². The van der Waals surface area contributed by atoms with Gasteiger partial charge in [0.2, 0.25) is 0 Å². The zero-order chi connectivity index (χ0) is 22.1. The summed E-state index contributed by atoms with van der Waals surface area (Å²) in [7, 11) is 1.62. The van der Waals surface area contributed by atoms with Gasteiger partial charge in [-0.05, 0) is 24.6 Å². The van der Waals surface area contributed by atoms with Crippen LogP contribution in [0.5, 0.6) is 5.75 Å². The molecule has 3 aromatic rings. The van der Waals surface area contributed by atoms with Gasteiger partial charge in [-0.25, -0.2) is 4.99 Å². The second-order valence-corrected chi connectivity index (χ2v) is 6.85. The predicted octanol–water partition coefficient (Wildman–Crippen LogP) is 5.65. The third-order valence-corrected chi connectivity index (χ3v) is 4.52. The maximum absolute atomic E-state index is 8.42. The first-order valence-corrected chi connectivity index (χ1v) is 9.88. The van der Waals surface area contributed by atoms with Crippen molar-refractivity contribution in [2.75, 3.05) is 7.11 Å². The molecule has 0 fully saturated rings. The fourth-order valence-electron chi connectivity index (χ4n) is 2.91. The fraction of sp³-hybridized carbons (Fsp3) is 0.115. The highest BCUT2D eigenvalue weighted by Gasteiger charge is 2.09. The zero-order valence-electron chi connectivity index (χ0n) is 17.6. The van der Waals surface area contributed by atoms with Gasteiger partial charge in [-0.2, -0.15) is 0 Å². The Morgan fingerprint density at radius 3 is 1.87 bits per heavy atom. The number of nitrogens with zero attached hydrogens (tertiary/aromatic N) is 1. The molecule has 3 rings (SSSR count). The second kappa shape index (κ2) is 10.7. The van der Waals surface area contributed by atoms with Crippen molar-refractivity contribution in [3.63, 3.8) is 0 Å². The standard InChI is InChI=1S/C26H25N3O2/c1-19(27)24(31-18-20-13-15-23(30-2)16-14-20)17-25(28)29-26(21-9-5-3-6-10-21)22-11-7-4-8-12-22/h3-17,27-28H,18H2,1-2H3/b24-17+,27-19?,28-25?. The van der Waals surface area contributed by atoms with Gasteiger partial charge in [0, 0.05) is 17.2 Å². The second-order valence-electron chi connectivity index (χ2n) is 6.85. The molecule has 0 unspecified atom stereocenters. The number of rotatable bonds is 8. The molecule has 0 aliphatic heterocycles. The van der Waals surface area contributed by atoms with E-state index < -0.39 is 0 Å². The quantitative estimate of drug-likeness (QED) is 0.285. The third kappa shape index (κ3) is 6.24. The first-order chi connectivity index (χ1) is 15.1. The molecule has 0 aliphatic carbocycles. The number of amidine groups is 1. The van der Waals surface area contributed by atoms with Crippen LogP contribution in [0.2, 0.25) is 0 Å². The minimum atomic E-state index is 0.0130. The van der Waals surface area contributed by atoms with Crippen LogP contribution in [0.4, 0.5) is 0 Å². The van der Waals surface area contributed by atoms with E-state index >= 15 is 0 Å². The Bertz CT molecular complexity index is 1050. The van der Waals surface area contributed by atoms with Gasteiger partial charge < -0.3 is 14.9 Å². The summed E-state index contributed by atoms with van der Waals surface area (Å²) in [6, 6.07) is 27.0. The lowest BCUT2D eigenvalue weighted by Gasteiger charge is -2.11. The van der Waals surface area contributed by atoms with Crippen molar-refractivity contribution in [3.05, 3.63) is 113 Å². The van der Waals surface area contributed by atoms with Gasteiger partial charge in [0.05, 0.1) is 18.5 Å². The van der Waals surface area contributed by atoms with Gasteiger partial charge in [-0.3, -0.25) is 5.41 Å². The van der Waals surface area contributed by atoms with E-state index in [4.69, 9.17) is 20.3 Å². The summed E-state index contributed by atoms with van der Waals surface area (Å²) < 4.78 is 11.0. The number of aliphatic imine (C=N–C) groups is 1. The first kappa shape index (κ1) is 21.7. The summed E-state index contributed by atoms with van der Waals surface area (Å²) in [5.41, 5.74) is 3.70. The normalized spacial score (nSPS) is 10.8. The Hall–Kier alpha value is -3.99. The van der Waals surface area contributed by atoms with E-state index in [0.29, 0.717) is 11.5 Å². The molecular formula is C26H25N3O2. The van der Waals surface area contributed by atoms with E-state index in [9.17, 15) is 0 Å². The topological polar surface area (TPSA) is 78.5 Å². The van der Waals surface area contributed by atoms with Crippen LogP contribution in [0.3, 0.4) is 0 Å². The van der Waals surface area contributed by atoms with Crippen molar-refractivity contribution in [1.29, 1.82) is 10.8 Å². The largest absolute Gasteiger partial charge is 0.497 e. The molecule has 3 aromatic carbocycles. The number of ether oxygens (including phenoxy) is 2. The summed E-state index contributed by atoms with van der Waals surface area (Å²) >= 11 is 0. The highest BCUT2D eigenvalue weighted by Crippen LogP contribution is 2.15. The summed E-state index contributed by atoms with van der Waals surface area (Å²) in [6.45, 7) is 1.92. The number of hydrogen-bond acceptors (Lipinski definition) is 4. The molecule has 0 aliphatic rings. The summed E-state index contributed by atoms with van der Waals surface area (Å²) in [5, 5.41) is 16.4. The van der Waals surface area contributed by atoms with Crippen molar-refractivity contribution in [3.8, 4) is 5.75 Å². The molecule has 0 saturated carbocycles. The van der Waals surface area contributed by atoms with Gasteiger partial charge in [0.1, 0.15) is 24.0 Å². The lowest BCUT2D eigenvalue weighted by atomic mass is 10.0. The van der Waals surface area contributed by atoms with E-state index in [1.807, 2.05) is 84.9 Å². The SMILES string of the molecule is COc1ccc(CO/C(=C/C(=N)N=C(c2ccccc2)c2ccccc2)C(C)=N)cc1. The molecule has 0 atom stereocenters. The number of hydrogen-bond donors (Lipinski definition) is 2. The summed E-state index contributed by atoms with van der Waals surface area (Å²) in [6.07, 6.45) is 1.48. The first-order valence-electron chi connectivity index (χ1n) is 9.88. The predicted molar refractivity (Wildman–Crippen MR) is 126 cm³/mol. The van der Waals surface area contributed by atoms with Crippen LogP contribution in [-0.2, 0) is 11.3 Å². The van der Waals surface area contributed by atoms with Gasteiger partial charge in [0.15, 0.2) is 0 Å². The van der Waals surface area contributed by atoms with Gasteiger partial charge in [-0.1, -0.05) is 72.8 Å². The maximum atomic E-state index is 8.42. The van der Waals surface area contributed by atoms with E-state index in [1.54, 1.807) is 14.0 Å². The molecule has 0 radical (unpaired) electrons. The molecule has 0 amide bonds. The summed E-state index contributed by atoms with van der Waals surface area (Å²) in [5.74, 6) is 1.09. The molecule has 0 aromatic heterocycles. The van der Waals surface area contributed by atoms with Crippen LogP contribution in [0, 0.1) is 10.8 Å². The molecular weight excluding hydrogens is 386 g/mol. The monoisotopic (exact) mass is 411 g/mol. The molecule has 5 heteroatoms. The Balaban J connectivity index is 1.84. The van der Waals surface area contributed by atoms with Crippen LogP contribution in [0.15, 0.2) is 102 Å². The highest BCUT2D eigenvalue weighted by molar-refractivity contribution is 6.18. The Labute approximate surface area is 182 Å². The van der Waals surface area contributed by atoms with Crippen molar-refractivity contribution >= 4 is 17.3 Å². The zero-order valence-corrected chi connectivity index (χ0v) is 17.6. The highest BCUT2D eigenvalue weighted by atomic mass is 16.5. The van der Waals surface area contributed by atoms with Crippen LogP contribution >= 0.6 is 0 Å². The average Bonchev–Trinajstić information content (AvgIpc) is 2.81. The summed E-state index contributed by atoms with van der Waals surface area (Å²) in [4.78, 5) is 4.55. The minimum Gasteiger partial charge on any atom is -0.497 e. The van der Waals surface area contributed by atoms with Gasteiger partial charge >= 0.3 is 0 Å². The lowest BCUT2D eigenvalue weighted by Crippen LogP contribution is -2.08. The van der Waals surface area contributed by atoms with Crippen LogP contribution in [0.25, 0.3) is 0 Å². The third-order valence-electron chi connectivity index (χ3n) is 4.52. The number of methoxy groups -OCH3 is 1. The molecule has 0 bridgehead atoms. The molecule has 0 spiro atoms.